The number of aromatic nitrogens is 4. The molecule has 102 valence electrons. The summed E-state index contributed by atoms with van der Waals surface area (Å²) in [5.41, 5.74) is 0.789. The van der Waals surface area contributed by atoms with Crippen LogP contribution in [0.2, 0.25) is 0 Å². The van der Waals surface area contributed by atoms with Crippen LogP contribution in [0.25, 0.3) is 17.2 Å². The third-order valence-corrected chi connectivity index (χ3v) is 2.96. The minimum Gasteiger partial charge on any atom is -0.266 e. The van der Waals surface area contributed by atoms with Gasteiger partial charge in [-0.2, -0.15) is 13.2 Å². The van der Waals surface area contributed by atoms with E-state index in [1.807, 2.05) is 31.2 Å². The molecule has 0 atom stereocenters. The SMILES string of the molecule is Cc1ccccc1-c1nnc2nc(C(F)(F)F)ccn12. The summed E-state index contributed by atoms with van der Waals surface area (Å²) >= 11 is 0. The van der Waals surface area contributed by atoms with Crippen LogP contribution in [-0.4, -0.2) is 19.6 Å². The Morgan fingerprint density at radius 3 is 2.50 bits per heavy atom. The molecule has 1 aromatic carbocycles. The molecular weight excluding hydrogens is 269 g/mol. The minimum atomic E-state index is -4.49. The first-order valence-corrected chi connectivity index (χ1v) is 5.82. The van der Waals surface area contributed by atoms with E-state index in [0.717, 1.165) is 17.2 Å². The van der Waals surface area contributed by atoms with Crippen LogP contribution in [-0.2, 0) is 6.18 Å². The van der Waals surface area contributed by atoms with Gasteiger partial charge in [0.15, 0.2) is 5.82 Å². The third kappa shape index (κ3) is 2.01. The molecule has 7 heteroatoms. The zero-order valence-electron chi connectivity index (χ0n) is 10.4. The Labute approximate surface area is 111 Å². The molecule has 0 N–H and O–H groups in total. The number of hydrogen-bond acceptors (Lipinski definition) is 3. The van der Waals surface area contributed by atoms with E-state index in [1.165, 1.54) is 10.6 Å². The first kappa shape index (κ1) is 12.6. The monoisotopic (exact) mass is 278 g/mol. The summed E-state index contributed by atoms with van der Waals surface area (Å²) in [4.78, 5) is 3.49. The molecule has 0 amide bonds. The summed E-state index contributed by atoms with van der Waals surface area (Å²) in [7, 11) is 0. The smallest absolute Gasteiger partial charge is 0.266 e. The quantitative estimate of drug-likeness (QED) is 0.687. The zero-order valence-corrected chi connectivity index (χ0v) is 10.4. The molecule has 0 unspecified atom stereocenters. The van der Waals surface area contributed by atoms with Crippen LogP contribution in [0.3, 0.4) is 0 Å². The van der Waals surface area contributed by atoms with Gasteiger partial charge in [0.25, 0.3) is 5.78 Å². The van der Waals surface area contributed by atoms with E-state index in [1.54, 1.807) is 0 Å². The summed E-state index contributed by atoms with van der Waals surface area (Å²) in [5.74, 6) is 0.400. The van der Waals surface area contributed by atoms with Gasteiger partial charge in [-0.15, -0.1) is 10.2 Å². The molecule has 0 aliphatic rings. The van der Waals surface area contributed by atoms with Crippen LogP contribution in [0, 0.1) is 6.92 Å². The fourth-order valence-corrected chi connectivity index (χ4v) is 1.95. The molecule has 2 aromatic heterocycles. The van der Waals surface area contributed by atoms with Gasteiger partial charge in [-0.25, -0.2) is 4.98 Å². The van der Waals surface area contributed by atoms with E-state index in [-0.39, 0.29) is 5.78 Å². The number of halogens is 3. The average molecular weight is 278 g/mol. The van der Waals surface area contributed by atoms with Crippen LogP contribution < -0.4 is 0 Å². The van der Waals surface area contributed by atoms with Crippen molar-refractivity contribution in [2.75, 3.05) is 0 Å². The molecule has 20 heavy (non-hydrogen) atoms. The summed E-state index contributed by atoms with van der Waals surface area (Å²) in [6, 6.07) is 8.36. The summed E-state index contributed by atoms with van der Waals surface area (Å²) < 4.78 is 39.2. The fourth-order valence-electron chi connectivity index (χ4n) is 1.95. The maximum absolute atomic E-state index is 12.6. The normalized spacial score (nSPS) is 12.0. The van der Waals surface area contributed by atoms with Gasteiger partial charge < -0.3 is 0 Å². The van der Waals surface area contributed by atoms with Crippen LogP contribution >= 0.6 is 0 Å². The highest BCUT2D eigenvalue weighted by atomic mass is 19.4. The number of fused-ring (bicyclic) bond motifs is 1. The van der Waals surface area contributed by atoms with Crippen LogP contribution in [0.4, 0.5) is 13.2 Å². The molecule has 0 aliphatic carbocycles. The Balaban J connectivity index is 2.19. The highest BCUT2D eigenvalue weighted by Gasteiger charge is 2.33. The third-order valence-electron chi connectivity index (χ3n) is 2.96. The second kappa shape index (κ2) is 4.29. The Kier molecular flexibility index (Phi) is 2.70. The van der Waals surface area contributed by atoms with Gasteiger partial charge in [0, 0.05) is 11.8 Å². The number of benzene rings is 1. The molecule has 0 fully saturated rings. The van der Waals surface area contributed by atoms with Crippen molar-refractivity contribution in [1.29, 1.82) is 0 Å². The molecule has 2 heterocycles. The van der Waals surface area contributed by atoms with Gasteiger partial charge in [-0.3, -0.25) is 4.40 Å². The predicted octanol–water partition coefficient (Wildman–Crippen LogP) is 3.12. The second-order valence-corrected chi connectivity index (χ2v) is 4.32. The van der Waals surface area contributed by atoms with E-state index >= 15 is 0 Å². The number of alkyl halides is 3. The predicted molar refractivity (Wildman–Crippen MR) is 66.0 cm³/mol. The standard InChI is InChI=1S/C13H9F3N4/c1-8-4-2-3-5-9(8)11-18-19-12-17-10(13(14,15)16)6-7-20(11)12/h2-7H,1H3. The fraction of sp³-hybridized carbons (Fsp3) is 0.154. The number of nitrogens with zero attached hydrogens (tertiary/aromatic N) is 4. The van der Waals surface area contributed by atoms with E-state index < -0.39 is 11.9 Å². The molecule has 0 saturated heterocycles. The summed E-state index contributed by atoms with van der Waals surface area (Å²) in [6.45, 7) is 1.90. The Morgan fingerprint density at radius 1 is 1.05 bits per heavy atom. The van der Waals surface area contributed by atoms with Crippen molar-refractivity contribution in [3.8, 4) is 11.4 Å². The molecular formula is C13H9F3N4. The summed E-state index contributed by atoms with van der Waals surface area (Å²) in [6.07, 6.45) is -3.20. The van der Waals surface area contributed by atoms with Crippen molar-refractivity contribution in [3.63, 3.8) is 0 Å². The maximum Gasteiger partial charge on any atom is 0.433 e. The first-order valence-electron chi connectivity index (χ1n) is 5.82. The van der Waals surface area contributed by atoms with Gasteiger partial charge in [-0.05, 0) is 18.6 Å². The Bertz CT molecular complexity index is 777. The highest BCUT2D eigenvalue weighted by Crippen LogP contribution is 2.28. The van der Waals surface area contributed by atoms with Gasteiger partial charge >= 0.3 is 6.18 Å². The van der Waals surface area contributed by atoms with E-state index in [9.17, 15) is 13.2 Å². The number of aryl methyl sites for hydroxylation is 1. The molecule has 0 spiro atoms. The molecule has 0 bridgehead atoms. The van der Waals surface area contributed by atoms with Gasteiger partial charge in [0.2, 0.25) is 0 Å². The topological polar surface area (TPSA) is 43.1 Å². The van der Waals surface area contributed by atoms with Gasteiger partial charge in [-0.1, -0.05) is 24.3 Å². The van der Waals surface area contributed by atoms with E-state index in [2.05, 4.69) is 15.2 Å². The van der Waals surface area contributed by atoms with E-state index in [0.29, 0.717) is 5.82 Å². The summed E-state index contributed by atoms with van der Waals surface area (Å²) in [5, 5.41) is 7.64. The van der Waals surface area contributed by atoms with Crippen molar-refractivity contribution in [2.45, 2.75) is 13.1 Å². The van der Waals surface area contributed by atoms with Crippen LogP contribution in [0.5, 0.6) is 0 Å². The van der Waals surface area contributed by atoms with Crippen LogP contribution in [0.15, 0.2) is 36.5 Å². The minimum absolute atomic E-state index is 0.0712. The number of rotatable bonds is 1. The first-order chi connectivity index (χ1) is 9.47. The molecule has 3 aromatic rings. The van der Waals surface area contributed by atoms with Gasteiger partial charge in [0.05, 0.1) is 0 Å². The van der Waals surface area contributed by atoms with Crippen molar-refractivity contribution >= 4 is 5.78 Å². The van der Waals surface area contributed by atoms with Crippen molar-refractivity contribution in [3.05, 3.63) is 47.8 Å². The Hall–Kier alpha value is -2.44. The molecule has 0 saturated carbocycles. The molecule has 0 aliphatic heterocycles. The van der Waals surface area contributed by atoms with Crippen molar-refractivity contribution < 1.29 is 13.2 Å². The van der Waals surface area contributed by atoms with Crippen LogP contribution in [0.1, 0.15) is 11.3 Å². The largest absolute Gasteiger partial charge is 0.433 e. The lowest BCUT2D eigenvalue weighted by molar-refractivity contribution is -0.141. The van der Waals surface area contributed by atoms with Gasteiger partial charge in [0.1, 0.15) is 5.69 Å². The maximum atomic E-state index is 12.6. The lowest BCUT2D eigenvalue weighted by Gasteiger charge is -2.06. The molecule has 3 rings (SSSR count). The van der Waals surface area contributed by atoms with E-state index in [4.69, 9.17) is 0 Å². The number of hydrogen-bond donors (Lipinski definition) is 0. The highest BCUT2D eigenvalue weighted by molar-refractivity contribution is 5.62. The lowest BCUT2D eigenvalue weighted by atomic mass is 10.1. The molecule has 4 nitrogen and oxygen atoms in total. The second-order valence-electron chi connectivity index (χ2n) is 4.32. The zero-order chi connectivity index (χ0) is 14.3. The molecule has 0 radical (unpaired) electrons. The lowest BCUT2D eigenvalue weighted by Crippen LogP contribution is -2.09. The Morgan fingerprint density at radius 2 is 1.80 bits per heavy atom. The average Bonchev–Trinajstić information content (AvgIpc) is 2.81. The van der Waals surface area contributed by atoms with Crippen molar-refractivity contribution in [1.82, 2.24) is 19.6 Å². The van der Waals surface area contributed by atoms with Crippen molar-refractivity contribution in [2.24, 2.45) is 0 Å².